The molecule has 0 aliphatic heterocycles. The fraction of sp³-hybridized carbons (Fsp3) is 0.292. The van der Waals surface area contributed by atoms with Gasteiger partial charge in [-0.3, -0.25) is 9.59 Å². The Hall–Kier alpha value is -3.46. The molecule has 0 unspecified atom stereocenters. The Morgan fingerprint density at radius 3 is 2.21 bits per heavy atom. The number of aryl methyl sites for hydroxylation is 1. The van der Waals surface area contributed by atoms with Crippen molar-refractivity contribution in [1.82, 2.24) is 9.88 Å². The average Bonchev–Trinajstić information content (AvgIpc) is 3.18. The van der Waals surface area contributed by atoms with Gasteiger partial charge in [0.25, 0.3) is 5.91 Å². The van der Waals surface area contributed by atoms with E-state index >= 15 is 0 Å². The predicted octanol–water partition coefficient (Wildman–Crippen LogP) is 4.01. The quantitative estimate of drug-likeness (QED) is 0.438. The number of benzene rings is 2. The molecule has 0 fully saturated rings. The van der Waals surface area contributed by atoms with Gasteiger partial charge in [-0.1, -0.05) is 12.1 Å². The molecular formula is C24H25FN2O5S. The molecule has 174 valence electrons. The van der Waals surface area contributed by atoms with Crippen molar-refractivity contribution in [3.63, 3.8) is 0 Å². The van der Waals surface area contributed by atoms with Crippen LogP contribution in [0.5, 0.6) is 11.5 Å². The highest BCUT2D eigenvalue weighted by Gasteiger charge is 2.24. The van der Waals surface area contributed by atoms with Crippen LogP contribution in [-0.2, 0) is 22.5 Å². The van der Waals surface area contributed by atoms with Gasteiger partial charge in [0.2, 0.25) is 0 Å². The Labute approximate surface area is 195 Å². The van der Waals surface area contributed by atoms with Crippen LogP contribution in [0.25, 0.3) is 0 Å². The number of thiazole rings is 1. The van der Waals surface area contributed by atoms with E-state index < -0.39 is 5.97 Å². The van der Waals surface area contributed by atoms with E-state index in [0.29, 0.717) is 28.5 Å². The van der Waals surface area contributed by atoms with Gasteiger partial charge in [0.1, 0.15) is 28.7 Å². The lowest BCUT2D eigenvalue weighted by Gasteiger charge is -2.22. The van der Waals surface area contributed by atoms with Gasteiger partial charge in [-0.25, -0.2) is 9.37 Å². The van der Waals surface area contributed by atoms with E-state index in [1.54, 1.807) is 51.5 Å². The molecule has 33 heavy (non-hydrogen) atoms. The third kappa shape index (κ3) is 6.29. The molecule has 0 N–H and O–H groups in total. The van der Waals surface area contributed by atoms with Gasteiger partial charge in [-0.2, -0.15) is 0 Å². The Morgan fingerprint density at radius 2 is 1.64 bits per heavy atom. The second-order valence-electron chi connectivity index (χ2n) is 7.28. The first-order valence-corrected chi connectivity index (χ1v) is 10.9. The summed E-state index contributed by atoms with van der Waals surface area (Å²) in [5.74, 6) is -0.0252. The molecule has 1 amide bonds. The molecule has 1 heterocycles. The maximum Gasteiger partial charge on any atom is 0.325 e. The van der Waals surface area contributed by atoms with Crippen LogP contribution in [0, 0.1) is 12.7 Å². The molecule has 0 bridgehead atoms. The van der Waals surface area contributed by atoms with Crippen LogP contribution in [0.15, 0.2) is 42.5 Å². The number of carbonyl (C=O) groups excluding carboxylic acids is 2. The lowest BCUT2D eigenvalue weighted by molar-refractivity contribution is -0.141. The Bertz CT molecular complexity index is 1110. The highest BCUT2D eigenvalue weighted by molar-refractivity contribution is 7.13. The first-order chi connectivity index (χ1) is 15.8. The van der Waals surface area contributed by atoms with Crippen molar-refractivity contribution in [3.8, 4) is 11.5 Å². The largest absolute Gasteiger partial charge is 0.497 e. The van der Waals surface area contributed by atoms with Gasteiger partial charge in [-0.05, 0) is 42.3 Å². The van der Waals surface area contributed by atoms with Gasteiger partial charge >= 0.3 is 5.97 Å². The number of hydrogen-bond acceptors (Lipinski definition) is 7. The molecule has 0 saturated carbocycles. The zero-order valence-electron chi connectivity index (χ0n) is 18.9. The smallest absolute Gasteiger partial charge is 0.325 e. The maximum atomic E-state index is 13.4. The molecule has 2 aromatic carbocycles. The number of halogens is 1. The van der Waals surface area contributed by atoms with Crippen molar-refractivity contribution < 1.29 is 28.2 Å². The van der Waals surface area contributed by atoms with E-state index in [1.165, 1.54) is 35.5 Å². The van der Waals surface area contributed by atoms with E-state index in [1.807, 2.05) is 0 Å². The molecule has 3 aromatic rings. The molecule has 0 spiro atoms. The normalized spacial score (nSPS) is 10.6. The highest BCUT2D eigenvalue weighted by atomic mass is 32.1. The van der Waals surface area contributed by atoms with Gasteiger partial charge in [0, 0.05) is 19.0 Å². The van der Waals surface area contributed by atoms with Crippen molar-refractivity contribution >= 4 is 23.2 Å². The summed E-state index contributed by atoms with van der Waals surface area (Å²) in [6, 6.07) is 11.4. The van der Waals surface area contributed by atoms with Crippen LogP contribution in [-0.4, -0.2) is 49.6 Å². The number of ether oxygens (including phenoxy) is 3. The van der Waals surface area contributed by atoms with Gasteiger partial charge in [0.05, 0.1) is 32.0 Å². The van der Waals surface area contributed by atoms with Crippen LogP contribution < -0.4 is 9.47 Å². The summed E-state index contributed by atoms with van der Waals surface area (Å²) >= 11 is 1.26. The monoisotopic (exact) mass is 472 g/mol. The molecule has 3 rings (SSSR count). The van der Waals surface area contributed by atoms with Crippen molar-refractivity contribution in [1.29, 1.82) is 0 Å². The van der Waals surface area contributed by atoms with Gasteiger partial charge in [-0.15, -0.1) is 11.3 Å². The molecular weight excluding hydrogens is 447 g/mol. The standard InChI is InChI=1S/C24H25FN2O5S/c1-15-23(33-21(26-15)11-16-5-7-18(25)8-6-16)24(29)27(14-22(28)32-4)13-17-9-19(30-2)12-20(10-17)31-3/h5-10,12H,11,13-14H2,1-4H3. The number of amides is 1. The molecule has 7 nitrogen and oxygen atoms in total. The van der Waals surface area contributed by atoms with Crippen LogP contribution in [0.2, 0.25) is 0 Å². The fourth-order valence-corrected chi connectivity index (χ4v) is 4.31. The molecule has 0 radical (unpaired) electrons. The van der Waals surface area contributed by atoms with E-state index in [9.17, 15) is 14.0 Å². The topological polar surface area (TPSA) is 78.0 Å². The Kier molecular flexibility index (Phi) is 8.00. The molecule has 0 aliphatic rings. The lowest BCUT2D eigenvalue weighted by atomic mass is 10.1. The van der Waals surface area contributed by atoms with Crippen LogP contribution in [0.1, 0.15) is 31.5 Å². The third-order valence-electron chi connectivity index (χ3n) is 4.92. The first kappa shape index (κ1) is 24.2. The van der Waals surface area contributed by atoms with Gasteiger partial charge < -0.3 is 19.1 Å². The molecule has 1 aromatic heterocycles. The summed E-state index contributed by atoms with van der Waals surface area (Å²) in [7, 11) is 4.36. The maximum absolute atomic E-state index is 13.4. The highest BCUT2D eigenvalue weighted by Crippen LogP contribution is 2.26. The minimum absolute atomic E-state index is 0.145. The van der Waals surface area contributed by atoms with Crippen LogP contribution in [0.4, 0.5) is 4.39 Å². The summed E-state index contributed by atoms with van der Waals surface area (Å²) in [5.41, 5.74) is 2.19. The number of aromatic nitrogens is 1. The van der Waals surface area contributed by atoms with Crippen molar-refractivity contribution in [2.24, 2.45) is 0 Å². The van der Waals surface area contributed by atoms with E-state index in [4.69, 9.17) is 14.2 Å². The van der Waals surface area contributed by atoms with E-state index in [-0.39, 0.29) is 24.8 Å². The summed E-state index contributed by atoms with van der Waals surface area (Å²) in [6.07, 6.45) is 0.475. The van der Waals surface area contributed by atoms with Crippen molar-refractivity contribution in [2.75, 3.05) is 27.9 Å². The minimum Gasteiger partial charge on any atom is -0.497 e. The zero-order valence-corrected chi connectivity index (χ0v) is 19.7. The van der Waals surface area contributed by atoms with Crippen LogP contribution in [0.3, 0.4) is 0 Å². The third-order valence-corrected chi connectivity index (χ3v) is 6.07. The predicted molar refractivity (Wildman–Crippen MR) is 122 cm³/mol. The van der Waals surface area contributed by atoms with E-state index in [0.717, 1.165) is 16.1 Å². The van der Waals surface area contributed by atoms with Crippen molar-refractivity contribution in [3.05, 3.63) is 75.0 Å². The van der Waals surface area contributed by atoms with Crippen LogP contribution >= 0.6 is 11.3 Å². The van der Waals surface area contributed by atoms with E-state index in [2.05, 4.69) is 4.98 Å². The number of methoxy groups -OCH3 is 3. The number of rotatable bonds is 9. The summed E-state index contributed by atoms with van der Waals surface area (Å²) in [4.78, 5) is 31.8. The molecule has 0 atom stereocenters. The first-order valence-electron chi connectivity index (χ1n) is 10.1. The minimum atomic E-state index is -0.535. The second-order valence-corrected chi connectivity index (χ2v) is 8.37. The van der Waals surface area contributed by atoms with Crippen molar-refractivity contribution in [2.45, 2.75) is 19.9 Å². The fourth-order valence-electron chi connectivity index (χ4n) is 3.24. The molecule has 9 heteroatoms. The lowest BCUT2D eigenvalue weighted by Crippen LogP contribution is -2.35. The number of nitrogens with zero attached hydrogens (tertiary/aromatic N) is 2. The number of carbonyl (C=O) groups is 2. The summed E-state index contributed by atoms with van der Waals surface area (Å²) in [5, 5.41) is 0.725. The Morgan fingerprint density at radius 1 is 1.00 bits per heavy atom. The molecule has 0 aliphatic carbocycles. The molecule has 0 saturated heterocycles. The Balaban J connectivity index is 1.87. The summed E-state index contributed by atoms with van der Waals surface area (Å²) < 4.78 is 28.6. The second kappa shape index (κ2) is 10.9. The SMILES string of the molecule is COC(=O)CN(Cc1cc(OC)cc(OC)c1)C(=O)c1sc(Cc2ccc(F)cc2)nc1C. The van der Waals surface area contributed by atoms with Gasteiger partial charge in [0.15, 0.2) is 0 Å². The average molecular weight is 473 g/mol. The summed E-state index contributed by atoms with van der Waals surface area (Å²) in [6.45, 7) is 1.68. The zero-order chi connectivity index (χ0) is 24.0. The number of hydrogen-bond donors (Lipinski definition) is 0. The number of esters is 1.